The van der Waals surface area contributed by atoms with Crippen molar-refractivity contribution in [2.24, 2.45) is 7.05 Å². The molecule has 14 heteroatoms. The van der Waals surface area contributed by atoms with Gasteiger partial charge in [0.15, 0.2) is 0 Å². The third kappa shape index (κ3) is 5.68. The van der Waals surface area contributed by atoms with E-state index >= 15 is 0 Å². The van der Waals surface area contributed by atoms with Gasteiger partial charge >= 0.3 is 12.3 Å². The second-order valence-corrected chi connectivity index (χ2v) is 9.20. The summed E-state index contributed by atoms with van der Waals surface area (Å²) in [6.07, 6.45) is -5.40. The number of alkyl halides is 3. The number of ether oxygens (including phenoxy) is 1. The molecule has 2 atom stereocenters. The number of carbonyl (C=O) groups excluding carboxylic acids is 1. The van der Waals surface area contributed by atoms with Crippen molar-refractivity contribution in [3.63, 3.8) is 0 Å². The quantitative estimate of drug-likeness (QED) is 0.399. The lowest BCUT2D eigenvalue weighted by Gasteiger charge is -2.43. The van der Waals surface area contributed by atoms with Crippen molar-refractivity contribution in [1.29, 1.82) is 0 Å². The van der Waals surface area contributed by atoms with Crippen LogP contribution in [0.2, 0.25) is 0 Å². The molecule has 0 N–H and O–H groups in total. The lowest BCUT2D eigenvalue weighted by Crippen LogP contribution is -2.49. The van der Waals surface area contributed by atoms with Gasteiger partial charge in [-0.25, -0.2) is 18.6 Å². The highest BCUT2D eigenvalue weighted by Crippen LogP contribution is 2.44. The van der Waals surface area contributed by atoms with Gasteiger partial charge in [0.25, 0.3) is 5.95 Å². The molecule has 3 heterocycles. The molecule has 0 saturated carbocycles. The van der Waals surface area contributed by atoms with Crippen LogP contribution in [0, 0.1) is 11.6 Å². The van der Waals surface area contributed by atoms with Crippen LogP contribution in [0.15, 0.2) is 30.3 Å². The number of amides is 1. The molecule has 1 aromatic carbocycles. The van der Waals surface area contributed by atoms with Crippen molar-refractivity contribution >= 4 is 17.7 Å². The fraction of sp³-hybridized carbons (Fsp3) is 0.458. The molecule has 0 fully saturated rings. The normalized spacial score (nSPS) is 17.5. The van der Waals surface area contributed by atoms with E-state index in [1.54, 1.807) is 13.8 Å². The van der Waals surface area contributed by atoms with E-state index in [2.05, 4.69) is 20.4 Å². The van der Waals surface area contributed by atoms with E-state index in [0.717, 1.165) is 23.0 Å². The van der Waals surface area contributed by atoms with E-state index in [9.17, 15) is 26.7 Å². The molecule has 1 amide bonds. The summed E-state index contributed by atoms with van der Waals surface area (Å²) < 4.78 is 74.6. The third-order valence-corrected chi connectivity index (χ3v) is 6.04. The van der Waals surface area contributed by atoms with Crippen LogP contribution in [0.3, 0.4) is 0 Å². The molecule has 0 aliphatic carbocycles. The minimum Gasteiger partial charge on any atom is -0.446 e. The number of pyridine rings is 1. The summed E-state index contributed by atoms with van der Waals surface area (Å²) >= 11 is 0. The molecule has 1 aliphatic rings. The molecule has 0 radical (unpaired) electrons. The van der Waals surface area contributed by atoms with Crippen LogP contribution < -0.4 is 9.80 Å². The van der Waals surface area contributed by atoms with Crippen molar-refractivity contribution in [2.75, 3.05) is 9.80 Å². The summed E-state index contributed by atoms with van der Waals surface area (Å²) in [5.74, 6) is -1.62. The summed E-state index contributed by atoms with van der Waals surface area (Å²) in [5.41, 5.74) is -0.906. The van der Waals surface area contributed by atoms with E-state index < -0.39 is 47.8 Å². The summed E-state index contributed by atoms with van der Waals surface area (Å²) in [4.78, 5) is 20.9. The highest BCUT2D eigenvalue weighted by Gasteiger charge is 2.43. The van der Waals surface area contributed by atoms with Crippen molar-refractivity contribution in [3.8, 4) is 0 Å². The highest BCUT2D eigenvalue weighted by molar-refractivity contribution is 5.90. The second-order valence-electron chi connectivity index (χ2n) is 9.20. The van der Waals surface area contributed by atoms with Crippen molar-refractivity contribution < 1.29 is 31.5 Å². The molecule has 2 aromatic heterocycles. The van der Waals surface area contributed by atoms with Crippen molar-refractivity contribution in [2.45, 2.75) is 64.5 Å². The largest absolute Gasteiger partial charge is 0.446 e. The highest BCUT2D eigenvalue weighted by atomic mass is 19.4. The minimum atomic E-state index is -4.76. The average Bonchev–Trinajstić information content (AvgIpc) is 3.25. The maximum absolute atomic E-state index is 14.0. The molecule has 3 aromatic rings. The van der Waals surface area contributed by atoms with Crippen LogP contribution in [0.4, 0.5) is 38.4 Å². The van der Waals surface area contributed by atoms with Gasteiger partial charge in [-0.1, -0.05) is 12.0 Å². The molecule has 4 rings (SSSR count). The Kier molecular flexibility index (Phi) is 7.51. The lowest BCUT2D eigenvalue weighted by molar-refractivity contribution is -0.141. The number of hydrogen-bond acceptors (Lipinski definition) is 7. The van der Waals surface area contributed by atoms with Gasteiger partial charge in [0, 0.05) is 18.7 Å². The Bertz CT molecular complexity index is 1290. The Morgan fingerprint density at radius 2 is 1.87 bits per heavy atom. The maximum atomic E-state index is 14.0. The molecule has 204 valence electrons. The second kappa shape index (κ2) is 10.5. The summed E-state index contributed by atoms with van der Waals surface area (Å²) in [5, 5.41) is 12.0. The Hall–Kier alpha value is -3.84. The first-order chi connectivity index (χ1) is 17.9. The number of anilines is 2. The smallest absolute Gasteiger partial charge is 0.433 e. The van der Waals surface area contributed by atoms with Gasteiger partial charge in [0.2, 0.25) is 0 Å². The summed E-state index contributed by atoms with van der Waals surface area (Å²) in [6, 6.07) is 3.52. The fourth-order valence-corrected chi connectivity index (χ4v) is 4.48. The number of nitrogens with zero attached hydrogens (tertiary/aromatic N) is 7. The molecule has 0 spiro atoms. The Labute approximate surface area is 215 Å². The molecule has 9 nitrogen and oxygen atoms in total. The third-order valence-electron chi connectivity index (χ3n) is 6.04. The van der Waals surface area contributed by atoms with E-state index in [1.807, 2.05) is 6.92 Å². The number of benzene rings is 1. The Morgan fingerprint density at radius 3 is 2.42 bits per heavy atom. The number of aryl methyl sites for hydroxylation is 1. The summed E-state index contributed by atoms with van der Waals surface area (Å²) in [6.45, 7) is 4.98. The zero-order valence-electron chi connectivity index (χ0n) is 21.1. The molecule has 0 bridgehead atoms. The first-order valence-corrected chi connectivity index (χ1v) is 11.9. The molecule has 0 unspecified atom stereocenters. The number of halogens is 5. The van der Waals surface area contributed by atoms with Gasteiger partial charge in [-0.3, -0.25) is 4.90 Å². The van der Waals surface area contributed by atoms with E-state index in [4.69, 9.17) is 4.74 Å². The van der Waals surface area contributed by atoms with Gasteiger partial charge < -0.3 is 9.64 Å². The van der Waals surface area contributed by atoms with Crippen LogP contribution in [-0.4, -0.2) is 43.4 Å². The lowest BCUT2D eigenvalue weighted by atomic mass is 9.92. The number of tetrazole rings is 1. The maximum Gasteiger partial charge on any atom is 0.433 e. The van der Waals surface area contributed by atoms with Gasteiger partial charge in [-0.05, 0) is 61.7 Å². The molecule has 0 saturated heterocycles. The number of aromatic nitrogens is 5. The zero-order chi connectivity index (χ0) is 27.8. The van der Waals surface area contributed by atoms with Crippen LogP contribution in [-0.2, 0) is 24.5 Å². The zero-order valence-corrected chi connectivity index (χ0v) is 21.1. The van der Waals surface area contributed by atoms with Gasteiger partial charge in [-0.15, -0.1) is 5.10 Å². The van der Waals surface area contributed by atoms with E-state index in [0.29, 0.717) is 12.5 Å². The standard InChI is InChI=1S/C24H26F5N7O2/c1-5-17-11-19(35(22-31-33-34(4)32-22)12-14-8-15(25)10-16(26)9-14)21-18(36(17)23(37)38-13(2)3)6-7-20(30-21)24(27,28)29/h6-10,13,17,19H,5,11-12H2,1-4H3/t17-,19-/m1/s1. The Morgan fingerprint density at radius 1 is 1.18 bits per heavy atom. The van der Waals surface area contributed by atoms with Gasteiger partial charge in [0.1, 0.15) is 17.3 Å². The minimum absolute atomic E-state index is 0.0143. The molecular formula is C24H26F5N7O2. The van der Waals surface area contributed by atoms with Crippen LogP contribution in [0.5, 0.6) is 0 Å². The SMILES string of the molecule is CC[C@@H]1C[C@@H](N(Cc2cc(F)cc(F)c2)c2nnn(C)n2)c2nc(C(F)(F)F)ccc2N1C(=O)OC(C)C. The van der Waals surface area contributed by atoms with Crippen molar-refractivity contribution in [1.82, 2.24) is 25.2 Å². The van der Waals surface area contributed by atoms with Crippen molar-refractivity contribution in [3.05, 3.63) is 58.9 Å². The monoisotopic (exact) mass is 539 g/mol. The number of hydrogen-bond donors (Lipinski definition) is 0. The number of carbonyl (C=O) groups is 1. The van der Waals surface area contributed by atoms with Crippen LogP contribution >= 0.6 is 0 Å². The van der Waals surface area contributed by atoms with Crippen LogP contribution in [0.25, 0.3) is 0 Å². The fourth-order valence-electron chi connectivity index (χ4n) is 4.48. The first kappa shape index (κ1) is 27.2. The van der Waals surface area contributed by atoms with Crippen LogP contribution in [0.1, 0.15) is 56.6 Å². The molecular weight excluding hydrogens is 513 g/mol. The van der Waals surface area contributed by atoms with Gasteiger partial charge in [-0.2, -0.15) is 18.0 Å². The summed E-state index contributed by atoms with van der Waals surface area (Å²) in [7, 11) is 1.50. The van der Waals surface area contributed by atoms with E-state index in [1.165, 1.54) is 22.9 Å². The predicted octanol–water partition coefficient (Wildman–Crippen LogP) is 5.18. The molecule has 38 heavy (non-hydrogen) atoms. The predicted molar refractivity (Wildman–Crippen MR) is 126 cm³/mol. The number of rotatable bonds is 6. The van der Waals surface area contributed by atoms with E-state index in [-0.39, 0.29) is 35.9 Å². The number of fused-ring (bicyclic) bond motifs is 1. The molecule has 1 aliphatic heterocycles. The first-order valence-electron chi connectivity index (χ1n) is 11.9. The van der Waals surface area contributed by atoms with Gasteiger partial charge in [0.05, 0.1) is 30.6 Å². The average molecular weight is 540 g/mol. The Balaban J connectivity index is 1.89. The topological polar surface area (TPSA) is 89.3 Å².